The van der Waals surface area contributed by atoms with E-state index in [-0.39, 0.29) is 11.3 Å². The van der Waals surface area contributed by atoms with Gasteiger partial charge in [0.2, 0.25) is 0 Å². The smallest absolute Gasteiger partial charge is 0.326 e. The summed E-state index contributed by atoms with van der Waals surface area (Å²) in [5.74, 6) is -1.91. The monoisotopic (exact) mass is 396 g/mol. The van der Waals surface area contributed by atoms with Gasteiger partial charge in [0.25, 0.3) is 11.8 Å². The van der Waals surface area contributed by atoms with Crippen LogP contribution in [0.1, 0.15) is 47.0 Å². The van der Waals surface area contributed by atoms with Gasteiger partial charge in [0, 0.05) is 6.54 Å². The number of nitrogens with one attached hydrogen (secondary N) is 3. The molecule has 1 saturated heterocycles. The molecule has 3 N–H and O–H groups in total. The molecule has 6 amide bonds. The molecule has 1 aliphatic carbocycles. The Kier molecular flexibility index (Phi) is 6.30. The number of esters is 1. The van der Waals surface area contributed by atoms with Crippen molar-refractivity contribution in [2.75, 3.05) is 19.7 Å². The Bertz CT molecular complexity index is 692. The van der Waals surface area contributed by atoms with Crippen molar-refractivity contribution >= 4 is 29.8 Å². The van der Waals surface area contributed by atoms with Gasteiger partial charge in [0.1, 0.15) is 12.1 Å². The summed E-state index contributed by atoms with van der Waals surface area (Å²) in [6, 6.07) is -1.34. The third kappa shape index (κ3) is 4.99. The molecule has 0 aromatic heterocycles. The maximum absolute atomic E-state index is 12.9. The minimum atomic E-state index is -1.01. The van der Waals surface area contributed by atoms with Crippen LogP contribution in [0.15, 0.2) is 0 Å². The highest BCUT2D eigenvalue weighted by Gasteiger charge is 2.56. The zero-order valence-electron chi connectivity index (χ0n) is 16.7. The average Bonchev–Trinajstić information content (AvgIpc) is 2.74. The van der Waals surface area contributed by atoms with Gasteiger partial charge in [-0.05, 0) is 37.5 Å². The van der Waals surface area contributed by atoms with E-state index in [4.69, 9.17) is 4.74 Å². The van der Waals surface area contributed by atoms with E-state index in [0.717, 1.165) is 11.3 Å². The number of imide groups is 2. The van der Waals surface area contributed by atoms with Crippen LogP contribution in [0.4, 0.5) is 9.59 Å². The van der Waals surface area contributed by atoms with Crippen LogP contribution in [0.2, 0.25) is 0 Å². The summed E-state index contributed by atoms with van der Waals surface area (Å²) in [6.07, 6.45) is 1.96. The minimum Gasteiger partial charge on any atom is -0.454 e. The largest absolute Gasteiger partial charge is 0.454 e. The molecule has 28 heavy (non-hydrogen) atoms. The summed E-state index contributed by atoms with van der Waals surface area (Å²) in [5, 5.41) is 7.11. The Morgan fingerprint density at radius 3 is 2.54 bits per heavy atom. The molecule has 156 valence electrons. The van der Waals surface area contributed by atoms with Gasteiger partial charge in [-0.3, -0.25) is 24.6 Å². The maximum Gasteiger partial charge on any atom is 0.326 e. The summed E-state index contributed by atoms with van der Waals surface area (Å²) >= 11 is 0. The molecule has 0 bridgehead atoms. The number of ether oxygens (including phenoxy) is 1. The van der Waals surface area contributed by atoms with Crippen molar-refractivity contribution in [3.63, 3.8) is 0 Å². The fraction of sp³-hybridized carbons (Fsp3) is 0.722. The molecule has 0 aromatic rings. The lowest BCUT2D eigenvalue weighted by Gasteiger charge is -2.43. The zero-order valence-corrected chi connectivity index (χ0v) is 16.7. The van der Waals surface area contributed by atoms with E-state index < -0.39 is 48.5 Å². The third-order valence-electron chi connectivity index (χ3n) is 4.87. The van der Waals surface area contributed by atoms with E-state index in [1.165, 1.54) is 0 Å². The van der Waals surface area contributed by atoms with E-state index >= 15 is 0 Å². The summed E-state index contributed by atoms with van der Waals surface area (Å²) in [7, 11) is 0. The predicted molar refractivity (Wildman–Crippen MR) is 97.9 cm³/mol. The second-order valence-corrected chi connectivity index (χ2v) is 8.33. The number of rotatable bonds is 5. The van der Waals surface area contributed by atoms with E-state index in [9.17, 15) is 24.0 Å². The number of urea groups is 2. The Morgan fingerprint density at radius 1 is 1.25 bits per heavy atom. The van der Waals surface area contributed by atoms with Crippen LogP contribution >= 0.6 is 0 Å². The molecule has 10 heteroatoms. The molecule has 0 aromatic carbocycles. The lowest BCUT2D eigenvalue weighted by molar-refractivity contribution is -0.151. The van der Waals surface area contributed by atoms with Crippen LogP contribution in [-0.4, -0.2) is 60.0 Å². The fourth-order valence-electron chi connectivity index (χ4n) is 4.34. The topological polar surface area (TPSA) is 134 Å². The van der Waals surface area contributed by atoms with Gasteiger partial charge in [-0.15, -0.1) is 0 Å². The van der Waals surface area contributed by atoms with Crippen molar-refractivity contribution in [3.8, 4) is 0 Å². The van der Waals surface area contributed by atoms with Crippen LogP contribution in [-0.2, 0) is 19.1 Å². The quantitative estimate of drug-likeness (QED) is 0.458. The fourth-order valence-corrected chi connectivity index (χ4v) is 4.34. The van der Waals surface area contributed by atoms with Crippen LogP contribution < -0.4 is 16.0 Å². The Hall–Kier alpha value is -2.65. The average molecular weight is 396 g/mol. The van der Waals surface area contributed by atoms with E-state index in [1.54, 1.807) is 6.92 Å². The van der Waals surface area contributed by atoms with Crippen LogP contribution in [0.3, 0.4) is 0 Å². The second kappa shape index (κ2) is 8.15. The van der Waals surface area contributed by atoms with Gasteiger partial charge in [-0.2, -0.15) is 0 Å². The first-order chi connectivity index (χ1) is 13.0. The summed E-state index contributed by atoms with van der Waals surface area (Å²) in [4.78, 5) is 60.8. The molecule has 1 heterocycles. The maximum atomic E-state index is 12.9. The first-order valence-corrected chi connectivity index (χ1v) is 9.35. The van der Waals surface area contributed by atoms with E-state index in [1.807, 2.05) is 26.1 Å². The highest BCUT2D eigenvalue weighted by Crippen LogP contribution is 2.46. The van der Waals surface area contributed by atoms with Gasteiger partial charge in [0.15, 0.2) is 6.61 Å². The first-order valence-electron chi connectivity index (χ1n) is 9.35. The normalized spacial score (nSPS) is 26.0. The van der Waals surface area contributed by atoms with Crippen molar-refractivity contribution < 1.29 is 28.7 Å². The van der Waals surface area contributed by atoms with E-state index in [0.29, 0.717) is 19.4 Å². The molecule has 1 spiro atoms. The molecular formula is C18H28N4O6. The second-order valence-electron chi connectivity index (χ2n) is 8.33. The number of hydrogen-bond acceptors (Lipinski definition) is 6. The van der Waals surface area contributed by atoms with Crippen LogP contribution in [0.25, 0.3) is 0 Å². The predicted octanol–water partition coefficient (Wildman–Crippen LogP) is 0.512. The molecule has 0 unspecified atom stereocenters. The van der Waals surface area contributed by atoms with E-state index in [2.05, 4.69) is 10.6 Å². The van der Waals surface area contributed by atoms with Gasteiger partial charge < -0.3 is 15.4 Å². The molecule has 2 fully saturated rings. The SMILES string of the molecule is CCNC(=O)NC(=O)COC(=O)CN1C(=O)N[C@@]2(C[C@H](C)CC(C)(C)C2)C1=O. The number of carbonyl (C=O) groups excluding carboxylic acids is 5. The molecule has 2 aliphatic rings. The molecule has 1 aliphatic heterocycles. The third-order valence-corrected chi connectivity index (χ3v) is 4.87. The highest BCUT2D eigenvalue weighted by molar-refractivity contribution is 6.09. The Morgan fingerprint density at radius 2 is 1.93 bits per heavy atom. The molecule has 2 rings (SSSR count). The van der Waals surface area contributed by atoms with Crippen LogP contribution in [0.5, 0.6) is 0 Å². The number of carbonyl (C=O) groups is 5. The number of nitrogens with zero attached hydrogens (tertiary/aromatic N) is 1. The van der Waals surface area contributed by atoms with Gasteiger partial charge in [-0.25, -0.2) is 9.59 Å². The number of amides is 6. The number of hydrogen-bond donors (Lipinski definition) is 3. The minimum absolute atomic E-state index is 0.117. The van der Waals surface area contributed by atoms with Crippen molar-refractivity contribution in [2.45, 2.75) is 52.5 Å². The highest BCUT2D eigenvalue weighted by atomic mass is 16.5. The zero-order chi connectivity index (χ0) is 21.1. The molecule has 0 radical (unpaired) electrons. The molecular weight excluding hydrogens is 368 g/mol. The standard InChI is InChI=1S/C18H28N4O6/c1-5-19-15(26)20-12(23)9-28-13(24)8-22-14(25)18(21-16(22)27)7-11(2)6-17(3,4)10-18/h11H,5-10H2,1-4H3,(H,21,27)(H2,19,20,23,26)/t11-,18-/m1/s1. The molecule has 1 saturated carbocycles. The summed E-state index contributed by atoms with van der Waals surface area (Å²) < 4.78 is 4.77. The van der Waals surface area contributed by atoms with Gasteiger partial charge in [-0.1, -0.05) is 20.8 Å². The summed E-state index contributed by atoms with van der Waals surface area (Å²) in [5.41, 5.74) is -1.12. The molecule has 2 atom stereocenters. The van der Waals surface area contributed by atoms with Gasteiger partial charge >= 0.3 is 18.0 Å². The molecule has 10 nitrogen and oxygen atoms in total. The lowest BCUT2D eigenvalue weighted by atomic mass is 9.64. The van der Waals surface area contributed by atoms with Crippen molar-refractivity contribution in [3.05, 3.63) is 0 Å². The lowest BCUT2D eigenvalue weighted by Crippen LogP contribution is -2.54. The van der Waals surface area contributed by atoms with Crippen molar-refractivity contribution in [1.29, 1.82) is 0 Å². The van der Waals surface area contributed by atoms with Crippen LogP contribution in [0, 0.1) is 11.3 Å². The summed E-state index contributed by atoms with van der Waals surface area (Å²) in [6.45, 7) is 6.88. The Balaban J connectivity index is 1.93. The van der Waals surface area contributed by atoms with Crippen molar-refractivity contribution in [1.82, 2.24) is 20.9 Å². The first kappa shape index (κ1) is 21.6. The van der Waals surface area contributed by atoms with Crippen molar-refractivity contribution in [2.24, 2.45) is 11.3 Å². The Labute approximate surface area is 163 Å². The van der Waals surface area contributed by atoms with Gasteiger partial charge in [0.05, 0.1) is 0 Å².